The van der Waals surface area contributed by atoms with Crippen LogP contribution in [0.5, 0.6) is 0 Å². The number of rotatable bonds is 4. The second-order valence-electron chi connectivity index (χ2n) is 5.66. The summed E-state index contributed by atoms with van der Waals surface area (Å²) < 4.78 is 0. The van der Waals surface area contributed by atoms with Gasteiger partial charge in [0, 0.05) is 21.3 Å². The Bertz CT molecular complexity index is 760. The molecule has 0 aliphatic rings. The van der Waals surface area contributed by atoms with Crippen molar-refractivity contribution < 1.29 is 9.59 Å². The third-order valence-corrected chi connectivity index (χ3v) is 3.91. The number of hydrogen-bond donors (Lipinski definition) is 2. The van der Waals surface area contributed by atoms with E-state index in [0.29, 0.717) is 15.6 Å². The Morgan fingerprint density at radius 3 is 2.00 bits per heavy atom. The van der Waals surface area contributed by atoms with Crippen LogP contribution in [0.4, 0.5) is 5.69 Å². The van der Waals surface area contributed by atoms with Gasteiger partial charge < -0.3 is 10.6 Å². The van der Waals surface area contributed by atoms with E-state index < -0.39 is 5.91 Å². The molecule has 0 fully saturated rings. The molecular formula is C18H18Cl2N2O2. The molecule has 0 atom stereocenters. The first kappa shape index (κ1) is 18.3. The number of nitrogens with one attached hydrogen (secondary N) is 2. The molecule has 0 heterocycles. The fourth-order valence-corrected chi connectivity index (χ4v) is 3.03. The van der Waals surface area contributed by atoms with Gasteiger partial charge in [-0.05, 0) is 50.1 Å². The van der Waals surface area contributed by atoms with Crippen molar-refractivity contribution in [2.24, 2.45) is 0 Å². The van der Waals surface area contributed by atoms with E-state index in [-0.39, 0.29) is 12.5 Å². The summed E-state index contributed by atoms with van der Waals surface area (Å²) >= 11 is 11.7. The maximum atomic E-state index is 12.1. The molecule has 0 saturated heterocycles. The van der Waals surface area contributed by atoms with E-state index in [1.807, 2.05) is 32.9 Å². The molecule has 0 spiro atoms. The van der Waals surface area contributed by atoms with E-state index in [2.05, 4.69) is 10.6 Å². The van der Waals surface area contributed by atoms with Crippen molar-refractivity contribution >= 4 is 40.7 Å². The molecule has 0 aliphatic heterocycles. The number of amides is 2. The highest BCUT2D eigenvalue weighted by molar-refractivity contribution is 6.35. The first-order valence-electron chi connectivity index (χ1n) is 7.38. The van der Waals surface area contributed by atoms with Gasteiger partial charge >= 0.3 is 0 Å². The summed E-state index contributed by atoms with van der Waals surface area (Å²) in [6, 6.07) is 8.52. The summed E-state index contributed by atoms with van der Waals surface area (Å²) in [7, 11) is 0. The van der Waals surface area contributed by atoms with Crippen LogP contribution in [-0.2, 0) is 4.79 Å². The van der Waals surface area contributed by atoms with Gasteiger partial charge in [0.25, 0.3) is 5.91 Å². The summed E-state index contributed by atoms with van der Waals surface area (Å²) in [6.07, 6.45) is 0. The smallest absolute Gasteiger partial charge is 0.251 e. The first-order chi connectivity index (χ1) is 11.3. The van der Waals surface area contributed by atoms with Crippen LogP contribution < -0.4 is 10.6 Å². The van der Waals surface area contributed by atoms with Gasteiger partial charge in [0.15, 0.2) is 0 Å². The van der Waals surface area contributed by atoms with Crippen LogP contribution in [0.3, 0.4) is 0 Å². The Morgan fingerprint density at radius 2 is 1.46 bits per heavy atom. The molecule has 2 amide bonds. The van der Waals surface area contributed by atoms with Gasteiger partial charge in [-0.2, -0.15) is 0 Å². The van der Waals surface area contributed by atoms with E-state index in [1.54, 1.807) is 0 Å². The van der Waals surface area contributed by atoms with Crippen LogP contribution in [0.2, 0.25) is 10.0 Å². The molecule has 24 heavy (non-hydrogen) atoms. The minimum absolute atomic E-state index is 0.143. The van der Waals surface area contributed by atoms with Gasteiger partial charge in [-0.3, -0.25) is 9.59 Å². The summed E-state index contributed by atoms with van der Waals surface area (Å²) in [6.45, 7) is 5.72. The number of hydrogen-bond acceptors (Lipinski definition) is 2. The molecule has 0 saturated carbocycles. The Labute approximate surface area is 151 Å². The second kappa shape index (κ2) is 7.69. The highest BCUT2D eigenvalue weighted by atomic mass is 35.5. The van der Waals surface area contributed by atoms with Crippen molar-refractivity contribution in [2.75, 3.05) is 11.9 Å². The molecule has 0 bridgehead atoms. The average Bonchev–Trinajstić information content (AvgIpc) is 2.47. The number of aryl methyl sites for hydroxylation is 3. The topological polar surface area (TPSA) is 58.2 Å². The van der Waals surface area contributed by atoms with Crippen LogP contribution in [-0.4, -0.2) is 18.4 Å². The standard InChI is InChI=1S/C18H18Cl2N2O2/c1-10-4-11(2)17(12(3)5-10)22-16(23)9-21-18(24)13-6-14(19)8-15(20)7-13/h4-8H,9H2,1-3H3,(H,21,24)(H,22,23). The summed E-state index contributed by atoms with van der Waals surface area (Å²) in [5, 5.41) is 6.11. The minimum atomic E-state index is -0.410. The zero-order valence-electron chi connectivity index (χ0n) is 13.7. The highest BCUT2D eigenvalue weighted by Gasteiger charge is 2.12. The molecule has 0 aliphatic carbocycles. The Kier molecular flexibility index (Phi) is 5.86. The summed E-state index contributed by atoms with van der Waals surface area (Å²) in [5.74, 6) is -0.710. The number of carbonyl (C=O) groups excluding carboxylic acids is 2. The third-order valence-electron chi connectivity index (χ3n) is 3.48. The van der Waals surface area contributed by atoms with E-state index in [4.69, 9.17) is 23.2 Å². The van der Waals surface area contributed by atoms with Crippen LogP contribution in [0.15, 0.2) is 30.3 Å². The molecule has 6 heteroatoms. The van der Waals surface area contributed by atoms with Gasteiger partial charge in [0.1, 0.15) is 0 Å². The van der Waals surface area contributed by atoms with Crippen molar-refractivity contribution in [3.8, 4) is 0 Å². The van der Waals surface area contributed by atoms with E-state index in [9.17, 15) is 9.59 Å². The van der Waals surface area contributed by atoms with Gasteiger partial charge in [0.05, 0.1) is 6.54 Å². The van der Waals surface area contributed by atoms with Gasteiger partial charge in [-0.15, -0.1) is 0 Å². The molecule has 4 nitrogen and oxygen atoms in total. The predicted octanol–water partition coefficient (Wildman–Crippen LogP) is 4.29. The lowest BCUT2D eigenvalue weighted by Crippen LogP contribution is -2.33. The lowest BCUT2D eigenvalue weighted by atomic mass is 10.1. The molecule has 2 aromatic rings. The van der Waals surface area contributed by atoms with Gasteiger partial charge in [-0.25, -0.2) is 0 Å². The van der Waals surface area contributed by atoms with Crippen molar-refractivity contribution in [1.29, 1.82) is 0 Å². The quantitative estimate of drug-likeness (QED) is 0.849. The monoisotopic (exact) mass is 364 g/mol. The largest absolute Gasteiger partial charge is 0.343 e. The summed E-state index contributed by atoms with van der Waals surface area (Å²) in [4.78, 5) is 24.2. The fourth-order valence-electron chi connectivity index (χ4n) is 2.51. The molecule has 2 N–H and O–H groups in total. The minimum Gasteiger partial charge on any atom is -0.343 e. The maximum absolute atomic E-state index is 12.1. The maximum Gasteiger partial charge on any atom is 0.251 e. The van der Waals surface area contributed by atoms with Crippen molar-refractivity contribution in [2.45, 2.75) is 20.8 Å². The first-order valence-corrected chi connectivity index (χ1v) is 8.14. The normalized spacial score (nSPS) is 10.4. The van der Waals surface area contributed by atoms with Crippen LogP contribution in [0, 0.1) is 20.8 Å². The number of halogens is 2. The van der Waals surface area contributed by atoms with Crippen LogP contribution in [0.25, 0.3) is 0 Å². The lowest BCUT2D eigenvalue weighted by Gasteiger charge is -2.13. The van der Waals surface area contributed by atoms with Gasteiger partial charge in [-0.1, -0.05) is 40.9 Å². The van der Waals surface area contributed by atoms with Crippen molar-refractivity contribution in [3.05, 3.63) is 62.6 Å². The second-order valence-corrected chi connectivity index (χ2v) is 6.54. The average molecular weight is 365 g/mol. The zero-order chi connectivity index (χ0) is 17.9. The van der Waals surface area contributed by atoms with Crippen LogP contribution in [0.1, 0.15) is 27.0 Å². The molecule has 2 rings (SSSR count). The summed E-state index contributed by atoms with van der Waals surface area (Å²) in [5.41, 5.74) is 4.17. The van der Waals surface area contributed by atoms with E-state index in [1.165, 1.54) is 18.2 Å². The van der Waals surface area contributed by atoms with E-state index in [0.717, 1.165) is 22.4 Å². The van der Waals surface area contributed by atoms with Crippen molar-refractivity contribution in [1.82, 2.24) is 5.32 Å². The molecule has 126 valence electrons. The van der Waals surface area contributed by atoms with Gasteiger partial charge in [0.2, 0.25) is 5.91 Å². The SMILES string of the molecule is Cc1cc(C)c(NC(=O)CNC(=O)c2cc(Cl)cc(Cl)c2)c(C)c1. The van der Waals surface area contributed by atoms with Crippen molar-refractivity contribution in [3.63, 3.8) is 0 Å². The molecule has 0 aromatic heterocycles. The van der Waals surface area contributed by atoms with E-state index >= 15 is 0 Å². The Hall–Kier alpha value is -2.04. The number of anilines is 1. The number of carbonyl (C=O) groups is 2. The molecule has 0 radical (unpaired) electrons. The van der Waals surface area contributed by atoms with Crippen LogP contribution >= 0.6 is 23.2 Å². The Balaban J connectivity index is 2.00. The molecular weight excluding hydrogens is 347 g/mol. The Morgan fingerprint density at radius 1 is 0.917 bits per heavy atom. The molecule has 2 aromatic carbocycles. The third kappa shape index (κ3) is 4.73. The highest BCUT2D eigenvalue weighted by Crippen LogP contribution is 2.22. The predicted molar refractivity (Wildman–Crippen MR) is 98.1 cm³/mol. The number of benzene rings is 2. The lowest BCUT2D eigenvalue weighted by molar-refractivity contribution is -0.115. The molecule has 0 unspecified atom stereocenters. The zero-order valence-corrected chi connectivity index (χ0v) is 15.2. The fraction of sp³-hybridized carbons (Fsp3) is 0.222.